The number of aliphatic hydroxyl groups excluding tert-OH is 1. The van der Waals surface area contributed by atoms with E-state index in [1.807, 2.05) is 0 Å². The number of aliphatic hydroxyl groups is 1. The molecule has 0 aliphatic carbocycles. The van der Waals surface area contributed by atoms with Crippen molar-refractivity contribution in [2.75, 3.05) is 19.7 Å². The van der Waals surface area contributed by atoms with Crippen LogP contribution in [0.4, 0.5) is 0 Å². The number of rotatable bonds is 7. The molecule has 0 saturated carbocycles. The summed E-state index contributed by atoms with van der Waals surface area (Å²) >= 11 is 0. The lowest BCUT2D eigenvalue weighted by atomic mass is 9.96. The Hall–Kier alpha value is -0.610. The Morgan fingerprint density at radius 1 is 1.50 bits per heavy atom. The molecule has 0 bridgehead atoms. The minimum absolute atomic E-state index is 0.00894. The smallest absolute Gasteiger partial charge is 0.224 e. The maximum Gasteiger partial charge on any atom is 0.224 e. The highest BCUT2D eigenvalue weighted by Gasteiger charge is 2.17. The van der Waals surface area contributed by atoms with Crippen molar-refractivity contribution in [1.29, 1.82) is 0 Å². The zero-order valence-electron chi connectivity index (χ0n) is 9.12. The molecule has 0 aromatic heterocycles. The Labute approximate surface area is 85.9 Å². The van der Waals surface area contributed by atoms with Gasteiger partial charge in [-0.2, -0.15) is 0 Å². The highest BCUT2D eigenvalue weighted by molar-refractivity contribution is 5.78. The van der Waals surface area contributed by atoms with E-state index in [9.17, 15) is 4.79 Å². The Kier molecular flexibility index (Phi) is 7.42. The standard InChI is InChI=1S/C10H22N2O2/c1-8(2)6-9(7-11)10(14)12-4-3-5-13/h8-9,13H,3-7,11H2,1-2H3,(H,12,14). The zero-order valence-corrected chi connectivity index (χ0v) is 9.12. The number of amides is 1. The van der Waals surface area contributed by atoms with Crippen LogP contribution in [0.3, 0.4) is 0 Å². The average Bonchev–Trinajstić information content (AvgIpc) is 2.14. The molecule has 4 nitrogen and oxygen atoms in total. The predicted molar refractivity (Wildman–Crippen MR) is 56.7 cm³/mol. The van der Waals surface area contributed by atoms with Crippen LogP contribution in [0.15, 0.2) is 0 Å². The van der Waals surface area contributed by atoms with Crippen LogP contribution in [-0.2, 0) is 4.79 Å². The topological polar surface area (TPSA) is 75.4 Å². The van der Waals surface area contributed by atoms with E-state index >= 15 is 0 Å². The van der Waals surface area contributed by atoms with Crippen LogP contribution >= 0.6 is 0 Å². The lowest BCUT2D eigenvalue weighted by Crippen LogP contribution is -2.36. The molecule has 1 atom stereocenters. The highest BCUT2D eigenvalue weighted by Crippen LogP contribution is 2.10. The first-order chi connectivity index (χ1) is 6.61. The van der Waals surface area contributed by atoms with Gasteiger partial charge in [0.25, 0.3) is 0 Å². The van der Waals surface area contributed by atoms with Crippen LogP contribution < -0.4 is 11.1 Å². The fourth-order valence-electron chi connectivity index (χ4n) is 1.31. The zero-order chi connectivity index (χ0) is 11.0. The summed E-state index contributed by atoms with van der Waals surface area (Å²) in [6.07, 6.45) is 1.42. The van der Waals surface area contributed by atoms with Crippen molar-refractivity contribution < 1.29 is 9.90 Å². The fraction of sp³-hybridized carbons (Fsp3) is 0.900. The lowest BCUT2D eigenvalue weighted by Gasteiger charge is -2.16. The number of nitrogens with two attached hydrogens (primary N) is 1. The van der Waals surface area contributed by atoms with Crippen molar-refractivity contribution in [3.8, 4) is 0 Å². The van der Waals surface area contributed by atoms with Crippen molar-refractivity contribution in [1.82, 2.24) is 5.32 Å². The number of carbonyl (C=O) groups is 1. The molecule has 1 unspecified atom stereocenters. The molecule has 4 N–H and O–H groups in total. The normalized spacial score (nSPS) is 12.9. The number of hydrogen-bond donors (Lipinski definition) is 3. The fourth-order valence-corrected chi connectivity index (χ4v) is 1.31. The third-order valence-corrected chi connectivity index (χ3v) is 2.05. The second-order valence-corrected chi connectivity index (χ2v) is 3.93. The molecule has 84 valence electrons. The van der Waals surface area contributed by atoms with Gasteiger partial charge in [-0.25, -0.2) is 0 Å². The molecule has 0 aromatic rings. The van der Waals surface area contributed by atoms with E-state index in [0.717, 1.165) is 6.42 Å². The molecule has 4 heteroatoms. The van der Waals surface area contributed by atoms with Gasteiger partial charge in [0, 0.05) is 19.7 Å². The molecule has 0 aromatic carbocycles. The van der Waals surface area contributed by atoms with Crippen LogP contribution in [0, 0.1) is 11.8 Å². The third kappa shape index (κ3) is 5.94. The quantitative estimate of drug-likeness (QED) is 0.513. The molecular formula is C10H22N2O2. The summed E-state index contributed by atoms with van der Waals surface area (Å²) < 4.78 is 0. The van der Waals surface area contributed by atoms with Gasteiger partial charge in [0.05, 0.1) is 5.92 Å². The van der Waals surface area contributed by atoms with Gasteiger partial charge in [-0.3, -0.25) is 4.79 Å². The van der Waals surface area contributed by atoms with Gasteiger partial charge in [0.2, 0.25) is 5.91 Å². The maximum atomic E-state index is 11.5. The van der Waals surface area contributed by atoms with E-state index in [0.29, 0.717) is 25.4 Å². The summed E-state index contributed by atoms with van der Waals surface area (Å²) in [5.41, 5.74) is 5.52. The Morgan fingerprint density at radius 3 is 2.57 bits per heavy atom. The Bertz CT molecular complexity index is 160. The molecule has 0 aliphatic heterocycles. The van der Waals surface area contributed by atoms with Gasteiger partial charge in [0.15, 0.2) is 0 Å². The summed E-state index contributed by atoms with van der Waals surface area (Å²) in [6.45, 7) is 5.18. The lowest BCUT2D eigenvalue weighted by molar-refractivity contribution is -0.125. The van der Waals surface area contributed by atoms with Crippen LogP contribution in [0.25, 0.3) is 0 Å². The van der Waals surface area contributed by atoms with Crippen molar-refractivity contribution in [3.05, 3.63) is 0 Å². The largest absolute Gasteiger partial charge is 0.396 e. The Morgan fingerprint density at radius 2 is 2.14 bits per heavy atom. The molecule has 1 amide bonds. The molecule has 0 fully saturated rings. The average molecular weight is 202 g/mol. The van der Waals surface area contributed by atoms with Gasteiger partial charge in [0.1, 0.15) is 0 Å². The first-order valence-electron chi connectivity index (χ1n) is 5.20. The summed E-state index contributed by atoms with van der Waals surface area (Å²) in [5, 5.41) is 11.3. The predicted octanol–water partition coefficient (Wildman–Crippen LogP) is 0.106. The molecule has 0 rings (SSSR count). The van der Waals surface area contributed by atoms with E-state index in [1.54, 1.807) is 0 Å². The summed E-state index contributed by atoms with van der Waals surface area (Å²) in [4.78, 5) is 11.5. The minimum atomic E-state index is -0.0892. The van der Waals surface area contributed by atoms with Gasteiger partial charge in [-0.15, -0.1) is 0 Å². The molecule has 14 heavy (non-hydrogen) atoms. The summed E-state index contributed by atoms with van der Waals surface area (Å²) in [6, 6.07) is 0. The summed E-state index contributed by atoms with van der Waals surface area (Å²) in [5.74, 6) is 0.399. The van der Waals surface area contributed by atoms with Crippen molar-refractivity contribution >= 4 is 5.91 Å². The minimum Gasteiger partial charge on any atom is -0.396 e. The molecular weight excluding hydrogens is 180 g/mol. The van der Waals surface area contributed by atoms with Crippen LogP contribution in [0.1, 0.15) is 26.7 Å². The SMILES string of the molecule is CC(C)CC(CN)C(=O)NCCCO. The first kappa shape index (κ1) is 13.4. The van der Waals surface area contributed by atoms with Crippen molar-refractivity contribution in [2.45, 2.75) is 26.7 Å². The van der Waals surface area contributed by atoms with Crippen molar-refractivity contribution in [2.24, 2.45) is 17.6 Å². The van der Waals surface area contributed by atoms with Gasteiger partial charge in [-0.1, -0.05) is 13.8 Å². The molecule has 0 saturated heterocycles. The van der Waals surface area contributed by atoms with Crippen LogP contribution in [0.5, 0.6) is 0 Å². The van der Waals surface area contributed by atoms with E-state index in [4.69, 9.17) is 10.8 Å². The van der Waals surface area contributed by atoms with Gasteiger partial charge < -0.3 is 16.2 Å². The third-order valence-electron chi connectivity index (χ3n) is 2.05. The molecule has 0 heterocycles. The molecule has 0 radical (unpaired) electrons. The van der Waals surface area contributed by atoms with Gasteiger partial charge >= 0.3 is 0 Å². The monoisotopic (exact) mass is 202 g/mol. The van der Waals surface area contributed by atoms with Crippen LogP contribution in [0.2, 0.25) is 0 Å². The van der Waals surface area contributed by atoms with Crippen LogP contribution in [-0.4, -0.2) is 30.7 Å². The van der Waals surface area contributed by atoms with Gasteiger partial charge in [-0.05, 0) is 18.8 Å². The Balaban J connectivity index is 3.79. The molecule has 0 aliphatic rings. The van der Waals surface area contributed by atoms with Crippen molar-refractivity contribution in [3.63, 3.8) is 0 Å². The summed E-state index contributed by atoms with van der Waals surface area (Å²) in [7, 11) is 0. The second-order valence-electron chi connectivity index (χ2n) is 3.93. The number of carbonyl (C=O) groups excluding carboxylic acids is 1. The van der Waals surface area contributed by atoms with E-state index in [-0.39, 0.29) is 18.4 Å². The maximum absolute atomic E-state index is 11.5. The van der Waals surface area contributed by atoms with E-state index in [2.05, 4.69) is 19.2 Å². The highest BCUT2D eigenvalue weighted by atomic mass is 16.3. The number of nitrogens with one attached hydrogen (secondary N) is 1. The van der Waals surface area contributed by atoms with E-state index in [1.165, 1.54) is 0 Å². The number of hydrogen-bond acceptors (Lipinski definition) is 3. The van der Waals surface area contributed by atoms with E-state index < -0.39 is 0 Å². The molecule has 0 spiro atoms. The second kappa shape index (κ2) is 7.76. The first-order valence-corrected chi connectivity index (χ1v) is 5.20.